The van der Waals surface area contributed by atoms with Crippen LogP contribution >= 0.6 is 0 Å². The normalized spacial score (nSPS) is 10.3. The van der Waals surface area contributed by atoms with Crippen LogP contribution in [-0.2, 0) is 0 Å². The molecule has 1 aromatic carbocycles. The second-order valence-corrected chi connectivity index (χ2v) is 5.12. The molecule has 0 saturated carbocycles. The van der Waals surface area contributed by atoms with Crippen molar-refractivity contribution in [2.24, 2.45) is 0 Å². The average Bonchev–Trinajstić information content (AvgIpc) is 2.58. The number of hydrogen-bond donors (Lipinski definition) is 2. The Hall–Kier alpha value is -2.83. The first-order valence-corrected chi connectivity index (χ1v) is 7.52. The molecule has 0 fully saturated rings. The molecular formula is C17H17F2N3O2. The number of pyridine rings is 1. The molecule has 0 spiro atoms. The second kappa shape index (κ2) is 8.14. The molecule has 0 saturated heterocycles. The van der Waals surface area contributed by atoms with Crippen molar-refractivity contribution in [3.8, 4) is 0 Å². The molecule has 24 heavy (non-hydrogen) atoms. The molecule has 0 aliphatic rings. The van der Waals surface area contributed by atoms with Crippen molar-refractivity contribution >= 4 is 17.5 Å². The number of halogens is 2. The Labute approximate surface area is 138 Å². The van der Waals surface area contributed by atoms with Crippen LogP contribution in [0, 0.1) is 11.6 Å². The van der Waals surface area contributed by atoms with Gasteiger partial charge in [0.15, 0.2) is 11.6 Å². The molecule has 1 aromatic heterocycles. The van der Waals surface area contributed by atoms with Gasteiger partial charge in [-0.1, -0.05) is 13.3 Å². The van der Waals surface area contributed by atoms with Gasteiger partial charge in [-0.05, 0) is 30.7 Å². The van der Waals surface area contributed by atoms with E-state index in [-0.39, 0.29) is 22.9 Å². The number of unbranched alkanes of at least 4 members (excludes halogenated alkanes) is 1. The maximum Gasteiger partial charge on any atom is 0.269 e. The van der Waals surface area contributed by atoms with Crippen LogP contribution in [0.3, 0.4) is 0 Å². The number of aromatic nitrogens is 1. The fourth-order valence-electron chi connectivity index (χ4n) is 1.94. The molecule has 0 atom stereocenters. The van der Waals surface area contributed by atoms with Gasteiger partial charge in [0.1, 0.15) is 5.69 Å². The summed E-state index contributed by atoms with van der Waals surface area (Å²) in [4.78, 5) is 28.0. The van der Waals surface area contributed by atoms with Gasteiger partial charge in [-0.15, -0.1) is 0 Å². The van der Waals surface area contributed by atoms with Crippen LogP contribution in [0.5, 0.6) is 0 Å². The Balaban J connectivity index is 2.08. The van der Waals surface area contributed by atoms with Crippen LogP contribution in [0.2, 0.25) is 0 Å². The third kappa shape index (κ3) is 4.58. The molecule has 126 valence electrons. The molecule has 0 radical (unpaired) electrons. The largest absolute Gasteiger partial charge is 0.351 e. The van der Waals surface area contributed by atoms with E-state index in [2.05, 4.69) is 15.6 Å². The first-order valence-electron chi connectivity index (χ1n) is 7.52. The zero-order chi connectivity index (χ0) is 17.5. The lowest BCUT2D eigenvalue weighted by molar-refractivity contribution is 0.0948. The third-order valence-corrected chi connectivity index (χ3v) is 3.25. The van der Waals surface area contributed by atoms with Crippen molar-refractivity contribution in [3.63, 3.8) is 0 Å². The van der Waals surface area contributed by atoms with Crippen molar-refractivity contribution in [3.05, 3.63) is 59.4 Å². The van der Waals surface area contributed by atoms with E-state index in [1.165, 1.54) is 24.4 Å². The summed E-state index contributed by atoms with van der Waals surface area (Å²) in [7, 11) is 0. The fraction of sp³-hybridized carbons (Fsp3) is 0.235. The van der Waals surface area contributed by atoms with E-state index in [0.717, 1.165) is 25.0 Å². The molecule has 0 unspecified atom stereocenters. The topological polar surface area (TPSA) is 71.1 Å². The van der Waals surface area contributed by atoms with Crippen molar-refractivity contribution in [2.75, 3.05) is 11.9 Å². The minimum absolute atomic E-state index is 0.115. The standard InChI is InChI=1S/C17H17F2N3O2/c1-2-3-7-21-17(24)15-9-11(6-8-20-15)16(23)22-12-4-5-13(18)14(19)10-12/h4-6,8-10H,2-3,7H2,1H3,(H,21,24)(H,22,23). The molecule has 0 bridgehead atoms. The zero-order valence-corrected chi connectivity index (χ0v) is 13.1. The molecule has 2 N–H and O–H groups in total. The number of anilines is 1. The maximum absolute atomic E-state index is 13.2. The van der Waals surface area contributed by atoms with Crippen molar-refractivity contribution in [1.29, 1.82) is 0 Å². The summed E-state index contributed by atoms with van der Waals surface area (Å²) in [5.41, 5.74) is 0.420. The van der Waals surface area contributed by atoms with Gasteiger partial charge in [0.05, 0.1) is 0 Å². The van der Waals surface area contributed by atoms with E-state index >= 15 is 0 Å². The third-order valence-electron chi connectivity index (χ3n) is 3.25. The highest BCUT2D eigenvalue weighted by atomic mass is 19.2. The Bertz CT molecular complexity index is 750. The Morgan fingerprint density at radius 2 is 1.88 bits per heavy atom. The van der Waals surface area contributed by atoms with Gasteiger partial charge in [0, 0.05) is 30.1 Å². The summed E-state index contributed by atoms with van der Waals surface area (Å²) in [5.74, 6) is -2.97. The average molecular weight is 333 g/mol. The lowest BCUT2D eigenvalue weighted by Crippen LogP contribution is -2.25. The van der Waals surface area contributed by atoms with Crippen LogP contribution in [-0.4, -0.2) is 23.3 Å². The summed E-state index contributed by atoms with van der Waals surface area (Å²) < 4.78 is 26.0. The first kappa shape index (κ1) is 17.5. The summed E-state index contributed by atoms with van der Waals surface area (Å²) in [6.45, 7) is 2.54. The van der Waals surface area contributed by atoms with Crippen LogP contribution in [0.1, 0.15) is 40.6 Å². The summed E-state index contributed by atoms with van der Waals surface area (Å²) >= 11 is 0. The Morgan fingerprint density at radius 1 is 1.08 bits per heavy atom. The summed E-state index contributed by atoms with van der Waals surface area (Å²) in [5, 5.41) is 5.14. The van der Waals surface area contributed by atoms with Crippen molar-refractivity contribution < 1.29 is 18.4 Å². The highest BCUT2D eigenvalue weighted by molar-refractivity contribution is 6.05. The van der Waals surface area contributed by atoms with Gasteiger partial charge in [-0.3, -0.25) is 14.6 Å². The first-order chi connectivity index (χ1) is 11.5. The molecule has 0 aliphatic heterocycles. The van der Waals surface area contributed by atoms with Gasteiger partial charge < -0.3 is 10.6 Å². The highest BCUT2D eigenvalue weighted by Gasteiger charge is 2.12. The number of nitrogens with zero attached hydrogens (tertiary/aromatic N) is 1. The predicted molar refractivity (Wildman–Crippen MR) is 85.8 cm³/mol. The van der Waals surface area contributed by atoms with Crippen molar-refractivity contribution in [1.82, 2.24) is 10.3 Å². The van der Waals surface area contributed by atoms with E-state index in [4.69, 9.17) is 0 Å². The number of carbonyl (C=O) groups excluding carboxylic acids is 2. The van der Waals surface area contributed by atoms with E-state index in [0.29, 0.717) is 6.54 Å². The molecule has 5 nitrogen and oxygen atoms in total. The Kier molecular flexibility index (Phi) is 5.95. The molecule has 2 aromatic rings. The monoisotopic (exact) mass is 333 g/mol. The van der Waals surface area contributed by atoms with Gasteiger partial charge in [0.2, 0.25) is 0 Å². The summed E-state index contributed by atoms with van der Waals surface area (Å²) in [6.07, 6.45) is 3.14. The second-order valence-electron chi connectivity index (χ2n) is 5.12. The number of hydrogen-bond acceptors (Lipinski definition) is 3. The minimum atomic E-state index is -1.06. The lowest BCUT2D eigenvalue weighted by atomic mass is 10.2. The van der Waals surface area contributed by atoms with Gasteiger partial charge in [-0.25, -0.2) is 8.78 Å². The number of amides is 2. The molecule has 7 heteroatoms. The van der Waals surface area contributed by atoms with E-state index in [9.17, 15) is 18.4 Å². The van der Waals surface area contributed by atoms with Gasteiger partial charge in [-0.2, -0.15) is 0 Å². The quantitative estimate of drug-likeness (QED) is 0.798. The smallest absolute Gasteiger partial charge is 0.269 e. The zero-order valence-electron chi connectivity index (χ0n) is 13.1. The lowest BCUT2D eigenvalue weighted by Gasteiger charge is -2.07. The number of nitrogens with one attached hydrogen (secondary N) is 2. The molecule has 1 heterocycles. The SMILES string of the molecule is CCCCNC(=O)c1cc(C(=O)Nc2ccc(F)c(F)c2)ccn1. The highest BCUT2D eigenvalue weighted by Crippen LogP contribution is 2.14. The van der Waals surface area contributed by atoms with Crippen molar-refractivity contribution in [2.45, 2.75) is 19.8 Å². The van der Waals surface area contributed by atoms with Crippen LogP contribution in [0.4, 0.5) is 14.5 Å². The molecule has 2 amide bonds. The van der Waals surface area contributed by atoms with Crippen LogP contribution in [0.15, 0.2) is 36.5 Å². The summed E-state index contributed by atoms with van der Waals surface area (Å²) in [6, 6.07) is 5.82. The number of carbonyl (C=O) groups is 2. The van der Waals surface area contributed by atoms with E-state index < -0.39 is 17.5 Å². The van der Waals surface area contributed by atoms with Crippen LogP contribution < -0.4 is 10.6 Å². The number of benzene rings is 1. The van der Waals surface area contributed by atoms with Gasteiger partial charge >= 0.3 is 0 Å². The fourth-order valence-corrected chi connectivity index (χ4v) is 1.94. The maximum atomic E-state index is 13.2. The van der Waals surface area contributed by atoms with Crippen LogP contribution in [0.25, 0.3) is 0 Å². The minimum Gasteiger partial charge on any atom is -0.351 e. The Morgan fingerprint density at radius 3 is 2.58 bits per heavy atom. The number of rotatable bonds is 6. The molecular weight excluding hydrogens is 316 g/mol. The molecule has 2 rings (SSSR count). The van der Waals surface area contributed by atoms with E-state index in [1.54, 1.807) is 0 Å². The van der Waals surface area contributed by atoms with E-state index in [1.807, 2.05) is 6.92 Å². The molecule has 0 aliphatic carbocycles. The van der Waals surface area contributed by atoms with Gasteiger partial charge in [0.25, 0.3) is 11.8 Å². The predicted octanol–water partition coefficient (Wildman–Crippen LogP) is 3.14.